The van der Waals surface area contributed by atoms with Gasteiger partial charge in [0, 0.05) is 17.8 Å². The number of hydrogen-bond donors (Lipinski definition) is 3. The van der Waals surface area contributed by atoms with Crippen molar-refractivity contribution in [3.63, 3.8) is 0 Å². The first kappa shape index (κ1) is 28.1. The molecule has 202 valence electrons. The molecule has 4 rings (SSSR count). The molecule has 0 aliphatic heterocycles. The number of anilines is 1. The van der Waals surface area contributed by atoms with Crippen molar-refractivity contribution in [2.45, 2.75) is 44.9 Å². The average molecular weight is 523 g/mol. The van der Waals surface area contributed by atoms with Gasteiger partial charge in [0.15, 0.2) is 0 Å². The first-order chi connectivity index (χ1) is 18.9. The van der Waals surface area contributed by atoms with Crippen LogP contribution >= 0.6 is 0 Å². The van der Waals surface area contributed by atoms with Gasteiger partial charge in [0.1, 0.15) is 0 Å². The van der Waals surface area contributed by atoms with Crippen LogP contribution in [0.2, 0.25) is 0 Å². The minimum atomic E-state index is -0.601. The highest BCUT2D eigenvalue weighted by Crippen LogP contribution is 2.27. The lowest BCUT2D eigenvalue weighted by Gasteiger charge is -2.25. The van der Waals surface area contributed by atoms with Gasteiger partial charge in [-0.25, -0.2) is 4.79 Å². The number of ether oxygens (including phenoxy) is 1. The summed E-state index contributed by atoms with van der Waals surface area (Å²) >= 11 is 0. The van der Waals surface area contributed by atoms with Crippen LogP contribution in [0.3, 0.4) is 0 Å². The van der Waals surface area contributed by atoms with Gasteiger partial charge >= 0.3 is 5.97 Å². The third-order valence-electron chi connectivity index (χ3n) is 6.80. The van der Waals surface area contributed by atoms with Gasteiger partial charge < -0.3 is 20.5 Å². The van der Waals surface area contributed by atoms with Gasteiger partial charge in [0.2, 0.25) is 0 Å². The van der Waals surface area contributed by atoms with Crippen molar-refractivity contribution in [3.05, 3.63) is 125 Å². The van der Waals surface area contributed by atoms with Crippen LogP contribution in [-0.4, -0.2) is 36.8 Å². The minimum absolute atomic E-state index is 0.103. The average Bonchev–Trinajstić information content (AvgIpc) is 2.97. The van der Waals surface area contributed by atoms with E-state index in [1.54, 1.807) is 0 Å². The quantitative estimate of drug-likeness (QED) is 0.187. The van der Waals surface area contributed by atoms with Crippen molar-refractivity contribution in [3.8, 4) is 11.1 Å². The summed E-state index contributed by atoms with van der Waals surface area (Å²) in [5, 5.41) is 18.1. The molecule has 39 heavy (non-hydrogen) atoms. The van der Waals surface area contributed by atoms with Gasteiger partial charge in [-0.1, -0.05) is 91.0 Å². The first-order valence-corrected chi connectivity index (χ1v) is 13.5. The van der Waals surface area contributed by atoms with Crippen LogP contribution in [0.5, 0.6) is 0 Å². The van der Waals surface area contributed by atoms with Gasteiger partial charge in [-0.15, -0.1) is 0 Å². The lowest BCUT2D eigenvalue weighted by atomic mass is 9.95. The van der Waals surface area contributed by atoms with E-state index in [9.17, 15) is 9.90 Å². The van der Waals surface area contributed by atoms with E-state index in [1.807, 2.05) is 80.6 Å². The van der Waals surface area contributed by atoms with Crippen LogP contribution in [0, 0.1) is 0 Å². The number of hydrogen-bond acceptors (Lipinski definition) is 5. The zero-order valence-electron chi connectivity index (χ0n) is 22.9. The molecule has 0 saturated carbocycles. The first-order valence-electron chi connectivity index (χ1n) is 13.5. The summed E-state index contributed by atoms with van der Waals surface area (Å²) in [5.74, 6) is -0.351. The number of benzene rings is 4. The Hall–Kier alpha value is -3.93. The summed E-state index contributed by atoms with van der Waals surface area (Å²) in [4.78, 5) is 12.2. The lowest BCUT2D eigenvalue weighted by molar-refractivity contribution is 0.0602. The number of carbonyl (C=O) groups excluding carboxylic acids is 1. The van der Waals surface area contributed by atoms with Gasteiger partial charge in [0.25, 0.3) is 0 Å². The van der Waals surface area contributed by atoms with Crippen LogP contribution in [-0.2, 0) is 17.6 Å². The molecular weight excluding hydrogens is 484 g/mol. The topological polar surface area (TPSA) is 70.6 Å². The second-order valence-electron chi connectivity index (χ2n) is 10.1. The van der Waals surface area contributed by atoms with E-state index in [-0.39, 0.29) is 18.1 Å². The molecule has 4 aromatic rings. The lowest BCUT2D eigenvalue weighted by Crippen LogP contribution is -2.38. The molecule has 1 unspecified atom stereocenters. The smallest absolute Gasteiger partial charge is 0.339 e. The summed E-state index contributed by atoms with van der Waals surface area (Å²) in [6, 6.07) is 34.5. The SMILES string of the molecule is COC(=O)c1ccc(-c2ccc(CCNC(Cc3ccccc3)[C@H](O)c3ccccc3)cc2)cc1NC(C)C. The Kier molecular flexibility index (Phi) is 9.90. The van der Waals surface area contributed by atoms with Crippen LogP contribution in [0.4, 0.5) is 5.69 Å². The molecule has 0 aliphatic rings. The number of nitrogens with one attached hydrogen (secondary N) is 2. The Morgan fingerprint density at radius 2 is 1.46 bits per heavy atom. The molecule has 0 heterocycles. The standard InChI is InChI=1S/C34H38N2O3/c1-24(2)36-31-23-29(18-19-30(31)34(38)39-3)27-16-14-25(15-17-27)20-21-35-32(22-26-10-6-4-7-11-26)33(37)28-12-8-5-9-13-28/h4-19,23-24,32-33,35-37H,20-22H2,1-3H3/t32?,33-/m1/s1. The fourth-order valence-corrected chi connectivity index (χ4v) is 4.75. The molecule has 0 saturated heterocycles. The fourth-order valence-electron chi connectivity index (χ4n) is 4.75. The van der Waals surface area contributed by atoms with Crippen molar-refractivity contribution in [2.24, 2.45) is 0 Å². The zero-order chi connectivity index (χ0) is 27.6. The van der Waals surface area contributed by atoms with Crippen molar-refractivity contribution < 1.29 is 14.6 Å². The summed E-state index contributed by atoms with van der Waals surface area (Å²) in [7, 11) is 1.40. The Morgan fingerprint density at radius 1 is 0.821 bits per heavy atom. The van der Waals surface area contributed by atoms with Crippen molar-refractivity contribution >= 4 is 11.7 Å². The second-order valence-corrected chi connectivity index (χ2v) is 10.1. The van der Waals surface area contributed by atoms with Crippen LogP contribution in [0.15, 0.2) is 103 Å². The molecule has 2 atom stereocenters. The van der Waals surface area contributed by atoms with E-state index in [1.165, 1.54) is 18.2 Å². The Balaban J connectivity index is 1.43. The zero-order valence-corrected chi connectivity index (χ0v) is 22.9. The summed E-state index contributed by atoms with van der Waals surface area (Å²) in [6.07, 6.45) is 0.981. The number of aliphatic hydroxyl groups is 1. The van der Waals surface area contributed by atoms with Crippen LogP contribution in [0.25, 0.3) is 11.1 Å². The molecule has 0 aliphatic carbocycles. The number of aliphatic hydroxyl groups excluding tert-OH is 1. The summed E-state index contributed by atoms with van der Waals surface area (Å²) in [6.45, 7) is 4.83. The Bertz CT molecular complexity index is 1320. The molecule has 0 radical (unpaired) electrons. The van der Waals surface area contributed by atoms with Crippen molar-refractivity contribution in [1.82, 2.24) is 5.32 Å². The van der Waals surface area contributed by atoms with Gasteiger partial charge in [-0.05, 0) is 73.2 Å². The molecular formula is C34H38N2O3. The van der Waals surface area contributed by atoms with E-state index in [0.717, 1.165) is 41.8 Å². The maximum Gasteiger partial charge on any atom is 0.339 e. The van der Waals surface area contributed by atoms with E-state index in [2.05, 4.69) is 47.0 Å². The van der Waals surface area contributed by atoms with E-state index < -0.39 is 6.10 Å². The summed E-state index contributed by atoms with van der Waals surface area (Å²) in [5.41, 5.74) is 6.73. The highest BCUT2D eigenvalue weighted by atomic mass is 16.5. The number of rotatable bonds is 12. The third kappa shape index (κ3) is 7.79. The van der Waals surface area contributed by atoms with Gasteiger partial charge in [-0.3, -0.25) is 0 Å². The van der Waals surface area contributed by atoms with Gasteiger partial charge in [0.05, 0.1) is 18.8 Å². The predicted molar refractivity (Wildman–Crippen MR) is 159 cm³/mol. The second kappa shape index (κ2) is 13.7. The molecule has 5 nitrogen and oxygen atoms in total. The third-order valence-corrected chi connectivity index (χ3v) is 6.80. The number of carbonyl (C=O) groups is 1. The molecule has 0 amide bonds. The largest absolute Gasteiger partial charge is 0.465 e. The monoisotopic (exact) mass is 522 g/mol. The number of esters is 1. The van der Waals surface area contributed by atoms with Crippen LogP contribution in [0.1, 0.15) is 47.0 Å². The maximum absolute atomic E-state index is 12.2. The maximum atomic E-state index is 12.2. The molecule has 3 N–H and O–H groups in total. The molecule has 5 heteroatoms. The van der Waals surface area contributed by atoms with Crippen LogP contribution < -0.4 is 10.6 Å². The highest BCUT2D eigenvalue weighted by Gasteiger charge is 2.21. The van der Waals surface area contributed by atoms with E-state index in [0.29, 0.717) is 5.56 Å². The minimum Gasteiger partial charge on any atom is -0.465 e. The van der Waals surface area contributed by atoms with E-state index in [4.69, 9.17) is 4.74 Å². The molecule has 0 spiro atoms. The molecule has 0 fully saturated rings. The Morgan fingerprint density at radius 3 is 2.10 bits per heavy atom. The van der Waals surface area contributed by atoms with Gasteiger partial charge in [-0.2, -0.15) is 0 Å². The van der Waals surface area contributed by atoms with E-state index >= 15 is 0 Å². The normalized spacial score (nSPS) is 12.6. The number of methoxy groups -OCH3 is 1. The molecule has 0 aromatic heterocycles. The Labute approximate surface area is 231 Å². The molecule has 0 bridgehead atoms. The summed E-state index contributed by atoms with van der Waals surface area (Å²) < 4.78 is 4.95. The van der Waals surface area contributed by atoms with Crippen molar-refractivity contribution in [2.75, 3.05) is 19.0 Å². The predicted octanol–water partition coefficient (Wildman–Crippen LogP) is 6.44. The molecule has 4 aromatic carbocycles. The highest BCUT2D eigenvalue weighted by molar-refractivity contribution is 5.96. The fraction of sp³-hybridized carbons (Fsp3) is 0.265. The van der Waals surface area contributed by atoms with Crippen molar-refractivity contribution in [1.29, 1.82) is 0 Å².